The van der Waals surface area contributed by atoms with Gasteiger partial charge in [0.05, 0.1) is 12.8 Å². The zero-order valence-electron chi connectivity index (χ0n) is 17.2. The molecule has 6 rings (SSSR count). The van der Waals surface area contributed by atoms with Gasteiger partial charge in [-0.2, -0.15) is 10.1 Å². The van der Waals surface area contributed by atoms with Crippen molar-refractivity contribution in [2.45, 2.75) is 12.1 Å². The molecule has 3 aromatic carbocycles. The molecule has 2 aliphatic rings. The molecule has 158 valence electrons. The van der Waals surface area contributed by atoms with Crippen molar-refractivity contribution >= 4 is 11.6 Å². The molecular weight excluding hydrogens is 407 g/mol. The molecule has 2 atom stereocenters. The Kier molecular flexibility index (Phi) is 4.21. The van der Waals surface area contributed by atoms with Gasteiger partial charge in [-0.25, -0.2) is 9.07 Å². The van der Waals surface area contributed by atoms with Crippen molar-refractivity contribution in [2.24, 2.45) is 0 Å². The van der Waals surface area contributed by atoms with Crippen LogP contribution in [0.25, 0.3) is 5.70 Å². The van der Waals surface area contributed by atoms with Crippen LogP contribution in [0, 0.1) is 5.82 Å². The predicted octanol–water partition coefficient (Wildman–Crippen LogP) is 4.99. The third kappa shape index (κ3) is 2.85. The second-order valence-electron chi connectivity index (χ2n) is 7.70. The first-order valence-corrected chi connectivity index (χ1v) is 10.3. The van der Waals surface area contributed by atoms with E-state index in [1.807, 2.05) is 53.2 Å². The number of halogens is 1. The number of methoxy groups -OCH3 is 1. The summed E-state index contributed by atoms with van der Waals surface area (Å²) in [4.78, 5) is 4.41. The van der Waals surface area contributed by atoms with Crippen molar-refractivity contribution in [2.75, 3.05) is 12.4 Å². The van der Waals surface area contributed by atoms with E-state index in [-0.39, 0.29) is 18.0 Å². The van der Waals surface area contributed by atoms with Gasteiger partial charge >= 0.3 is 0 Å². The molecule has 0 aliphatic carbocycles. The number of benzene rings is 3. The minimum atomic E-state index is -0.384. The van der Waals surface area contributed by atoms with Gasteiger partial charge in [-0.05, 0) is 47.5 Å². The molecule has 0 radical (unpaired) electrons. The average Bonchev–Trinajstić information content (AvgIpc) is 3.31. The highest BCUT2D eigenvalue weighted by atomic mass is 19.1. The van der Waals surface area contributed by atoms with Crippen LogP contribution in [-0.2, 0) is 0 Å². The maximum absolute atomic E-state index is 13.7. The van der Waals surface area contributed by atoms with Gasteiger partial charge in [-0.1, -0.05) is 36.4 Å². The first kappa shape index (κ1) is 18.6. The van der Waals surface area contributed by atoms with Crippen LogP contribution in [0.3, 0.4) is 0 Å². The summed E-state index contributed by atoms with van der Waals surface area (Å²) in [5.41, 5.74) is 4.74. The number of nitrogens with one attached hydrogen (secondary N) is 1. The minimum Gasteiger partial charge on any atom is -0.497 e. The summed E-state index contributed by atoms with van der Waals surface area (Å²) < 4.78 is 27.4. The van der Waals surface area contributed by atoms with Gasteiger partial charge in [-0.3, -0.25) is 0 Å². The molecule has 7 heteroatoms. The van der Waals surface area contributed by atoms with Crippen molar-refractivity contribution in [1.29, 1.82) is 0 Å². The Hall–Kier alpha value is -4.13. The lowest BCUT2D eigenvalue weighted by Crippen LogP contribution is -2.32. The highest BCUT2D eigenvalue weighted by molar-refractivity contribution is 5.85. The van der Waals surface area contributed by atoms with E-state index in [0.717, 1.165) is 39.5 Å². The van der Waals surface area contributed by atoms with Crippen LogP contribution in [-0.4, -0.2) is 21.9 Å². The molecule has 1 N–H and O–H groups in total. The van der Waals surface area contributed by atoms with Crippen LogP contribution in [0.15, 0.2) is 84.7 Å². The van der Waals surface area contributed by atoms with Crippen LogP contribution in [0.5, 0.6) is 11.5 Å². The van der Waals surface area contributed by atoms with E-state index in [4.69, 9.17) is 9.47 Å². The fourth-order valence-electron chi connectivity index (χ4n) is 4.44. The number of hydrogen-bond acceptors (Lipinski definition) is 5. The quantitative estimate of drug-likeness (QED) is 0.500. The Morgan fingerprint density at radius 1 is 0.969 bits per heavy atom. The van der Waals surface area contributed by atoms with E-state index in [2.05, 4.69) is 15.4 Å². The highest BCUT2D eigenvalue weighted by Gasteiger charge is 2.40. The van der Waals surface area contributed by atoms with E-state index in [1.165, 1.54) is 18.5 Å². The van der Waals surface area contributed by atoms with Gasteiger partial charge in [0.15, 0.2) is 0 Å². The largest absolute Gasteiger partial charge is 0.497 e. The van der Waals surface area contributed by atoms with Crippen molar-refractivity contribution in [1.82, 2.24) is 14.8 Å². The molecule has 4 aromatic rings. The topological polar surface area (TPSA) is 61.2 Å². The lowest BCUT2D eigenvalue weighted by Gasteiger charge is -2.39. The second kappa shape index (κ2) is 7.23. The van der Waals surface area contributed by atoms with Gasteiger partial charge in [-0.15, -0.1) is 0 Å². The van der Waals surface area contributed by atoms with Crippen LogP contribution in [0.1, 0.15) is 28.8 Å². The Bertz CT molecular complexity index is 1330. The fourth-order valence-corrected chi connectivity index (χ4v) is 4.44. The number of ether oxygens (including phenoxy) is 2. The number of anilines is 1. The molecule has 2 aliphatic heterocycles. The summed E-state index contributed by atoms with van der Waals surface area (Å²) in [6.45, 7) is 0. The average molecular weight is 426 g/mol. The molecule has 0 amide bonds. The van der Waals surface area contributed by atoms with Crippen LogP contribution in [0.2, 0.25) is 0 Å². The van der Waals surface area contributed by atoms with Gasteiger partial charge in [0.2, 0.25) is 5.95 Å². The van der Waals surface area contributed by atoms with E-state index < -0.39 is 0 Å². The number of para-hydroxylation sites is 1. The number of rotatable bonds is 3. The van der Waals surface area contributed by atoms with Gasteiger partial charge in [0, 0.05) is 11.1 Å². The molecule has 0 spiro atoms. The van der Waals surface area contributed by atoms with E-state index in [0.29, 0.717) is 5.95 Å². The lowest BCUT2D eigenvalue weighted by molar-refractivity contribution is 0.223. The second-order valence-corrected chi connectivity index (χ2v) is 7.70. The van der Waals surface area contributed by atoms with Crippen molar-refractivity contribution < 1.29 is 13.9 Å². The summed E-state index contributed by atoms with van der Waals surface area (Å²) in [5, 5.41) is 7.94. The zero-order valence-corrected chi connectivity index (χ0v) is 17.2. The Morgan fingerprint density at radius 2 is 1.72 bits per heavy atom. The lowest BCUT2D eigenvalue weighted by atomic mass is 9.84. The van der Waals surface area contributed by atoms with E-state index in [9.17, 15) is 4.39 Å². The third-order valence-corrected chi connectivity index (χ3v) is 5.93. The predicted molar refractivity (Wildman–Crippen MR) is 118 cm³/mol. The smallest absolute Gasteiger partial charge is 0.226 e. The van der Waals surface area contributed by atoms with Crippen molar-refractivity contribution in [3.8, 4) is 11.5 Å². The number of aromatic nitrogens is 3. The SMILES string of the molecule is COc1ccc(C2Oc3ccccc3C3=C2C(c2ccc(F)cc2)n2ncnc2N3)cc1. The van der Waals surface area contributed by atoms with Gasteiger partial charge in [0.25, 0.3) is 0 Å². The Balaban J connectivity index is 1.60. The first-order valence-electron chi connectivity index (χ1n) is 10.3. The molecule has 0 saturated carbocycles. The molecule has 2 unspecified atom stereocenters. The molecule has 0 fully saturated rings. The summed E-state index contributed by atoms with van der Waals surface area (Å²) in [6.07, 6.45) is 1.14. The normalized spacial score (nSPS) is 18.7. The highest BCUT2D eigenvalue weighted by Crippen LogP contribution is 2.50. The molecule has 6 nitrogen and oxygen atoms in total. The summed E-state index contributed by atoms with van der Waals surface area (Å²) in [5.74, 6) is 1.90. The summed E-state index contributed by atoms with van der Waals surface area (Å²) in [7, 11) is 1.64. The summed E-state index contributed by atoms with van der Waals surface area (Å²) >= 11 is 0. The number of hydrogen-bond donors (Lipinski definition) is 1. The van der Waals surface area contributed by atoms with Gasteiger partial charge in [0.1, 0.15) is 35.8 Å². The maximum Gasteiger partial charge on any atom is 0.226 e. The molecule has 32 heavy (non-hydrogen) atoms. The molecule has 3 heterocycles. The molecule has 0 saturated heterocycles. The number of fused-ring (bicyclic) bond motifs is 3. The van der Waals surface area contributed by atoms with Crippen molar-refractivity contribution in [3.05, 3.63) is 107 Å². The Morgan fingerprint density at radius 3 is 2.50 bits per heavy atom. The van der Waals surface area contributed by atoms with Crippen LogP contribution >= 0.6 is 0 Å². The maximum atomic E-state index is 13.7. The monoisotopic (exact) mass is 426 g/mol. The van der Waals surface area contributed by atoms with Crippen LogP contribution in [0.4, 0.5) is 10.3 Å². The zero-order chi connectivity index (χ0) is 21.7. The van der Waals surface area contributed by atoms with E-state index in [1.54, 1.807) is 19.2 Å². The molecule has 0 bridgehead atoms. The minimum absolute atomic E-state index is 0.285. The molecular formula is C25H19FN4O2. The standard InChI is InChI=1S/C25H19FN4O2/c1-31-18-12-8-16(9-13-18)24-21-22(19-4-2-3-5-20(19)32-24)29-25-27-14-28-30(25)23(21)15-6-10-17(26)11-7-15/h2-14,23-24H,1H3,(H,27,28,29). The number of nitrogens with zero attached hydrogens (tertiary/aromatic N) is 3. The van der Waals surface area contributed by atoms with E-state index >= 15 is 0 Å². The summed E-state index contributed by atoms with van der Waals surface area (Å²) in [6, 6.07) is 22.0. The fraction of sp³-hybridized carbons (Fsp3) is 0.120. The molecule has 1 aromatic heterocycles. The van der Waals surface area contributed by atoms with Crippen LogP contribution < -0.4 is 14.8 Å². The van der Waals surface area contributed by atoms with Crippen molar-refractivity contribution in [3.63, 3.8) is 0 Å². The van der Waals surface area contributed by atoms with Gasteiger partial charge < -0.3 is 14.8 Å². The first-order chi connectivity index (χ1) is 15.7. The Labute approximate surface area is 183 Å². The third-order valence-electron chi connectivity index (χ3n) is 5.93.